The van der Waals surface area contributed by atoms with Crippen LogP contribution in [0, 0.1) is 5.92 Å². The van der Waals surface area contributed by atoms with Crippen molar-refractivity contribution in [1.82, 2.24) is 10.2 Å². The smallest absolute Gasteiger partial charge is 0.313 e. The summed E-state index contributed by atoms with van der Waals surface area (Å²) in [5.41, 5.74) is -3.29. The minimum absolute atomic E-state index is 0.0880. The zero-order chi connectivity index (χ0) is 17.3. The number of Topliss-reactive ketones (excluding diaryl/α,β-unsaturated/α-hetero) is 2. The molecule has 0 aromatic rings. The second-order valence-corrected chi connectivity index (χ2v) is 5.53. The molecule has 4 nitrogen and oxygen atoms in total. The van der Waals surface area contributed by atoms with Crippen LogP contribution < -0.4 is 5.32 Å². The van der Waals surface area contributed by atoms with Gasteiger partial charge in [0.2, 0.25) is 0 Å². The van der Waals surface area contributed by atoms with E-state index < -0.39 is 36.0 Å². The molecule has 0 saturated carbocycles. The number of hydrogen-bond donors (Lipinski definition) is 1. The topological polar surface area (TPSA) is 49.4 Å². The van der Waals surface area contributed by atoms with Gasteiger partial charge in [-0.2, -0.15) is 26.3 Å². The van der Waals surface area contributed by atoms with Gasteiger partial charge in [0.15, 0.2) is 5.54 Å². The minimum Gasteiger partial charge on any atom is -0.313 e. The van der Waals surface area contributed by atoms with Crippen molar-refractivity contribution in [3.05, 3.63) is 0 Å². The fourth-order valence-electron chi connectivity index (χ4n) is 2.49. The molecule has 1 aliphatic rings. The van der Waals surface area contributed by atoms with Gasteiger partial charge < -0.3 is 5.32 Å². The van der Waals surface area contributed by atoms with Gasteiger partial charge in [0.1, 0.15) is 0 Å². The Hall–Kier alpha value is -1.16. The maximum Gasteiger partial charge on any atom is 0.452 e. The molecule has 1 saturated heterocycles. The number of rotatable bonds is 4. The highest BCUT2D eigenvalue weighted by molar-refractivity contribution is 6.16. The van der Waals surface area contributed by atoms with Gasteiger partial charge in [0.25, 0.3) is 11.6 Å². The number of piperazine rings is 1. The van der Waals surface area contributed by atoms with E-state index in [9.17, 15) is 35.9 Å². The summed E-state index contributed by atoms with van der Waals surface area (Å²) in [6.07, 6.45) is -11.1. The second-order valence-electron chi connectivity index (χ2n) is 5.53. The summed E-state index contributed by atoms with van der Waals surface area (Å²) in [7, 11) is 0. The first kappa shape index (κ1) is 18.9. The largest absolute Gasteiger partial charge is 0.452 e. The van der Waals surface area contributed by atoms with Crippen LogP contribution in [-0.4, -0.2) is 60.5 Å². The highest BCUT2D eigenvalue weighted by atomic mass is 19.4. The maximum atomic E-state index is 12.8. The molecule has 22 heavy (non-hydrogen) atoms. The van der Waals surface area contributed by atoms with E-state index in [1.54, 1.807) is 13.8 Å². The summed E-state index contributed by atoms with van der Waals surface area (Å²) in [5, 5.41) is 2.30. The third kappa shape index (κ3) is 3.60. The van der Waals surface area contributed by atoms with Crippen LogP contribution in [-0.2, 0) is 9.59 Å². The van der Waals surface area contributed by atoms with Crippen LogP contribution in [0.3, 0.4) is 0 Å². The zero-order valence-corrected chi connectivity index (χ0v) is 11.9. The Balaban J connectivity index is 3.42. The van der Waals surface area contributed by atoms with Crippen LogP contribution in [0.2, 0.25) is 0 Å². The first-order valence-corrected chi connectivity index (χ1v) is 6.52. The molecule has 0 amide bonds. The van der Waals surface area contributed by atoms with Gasteiger partial charge in [-0.25, -0.2) is 0 Å². The zero-order valence-electron chi connectivity index (χ0n) is 11.9. The Morgan fingerprint density at radius 2 is 1.55 bits per heavy atom. The molecule has 1 N–H and O–H groups in total. The lowest BCUT2D eigenvalue weighted by Crippen LogP contribution is -2.74. The molecule has 0 aromatic carbocycles. The van der Waals surface area contributed by atoms with Crippen LogP contribution in [0.15, 0.2) is 0 Å². The van der Waals surface area contributed by atoms with Crippen LogP contribution in [0.1, 0.15) is 13.8 Å². The van der Waals surface area contributed by atoms with Gasteiger partial charge in [0.05, 0.1) is 0 Å². The Labute approximate surface area is 122 Å². The molecule has 0 unspecified atom stereocenters. The molecule has 1 fully saturated rings. The Morgan fingerprint density at radius 3 is 1.91 bits per heavy atom. The summed E-state index contributed by atoms with van der Waals surface area (Å²) >= 11 is 0. The third-order valence-electron chi connectivity index (χ3n) is 3.33. The van der Waals surface area contributed by atoms with Crippen LogP contribution in [0.5, 0.6) is 0 Å². The van der Waals surface area contributed by atoms with Gasteiger partial charge >= 0.3 is 12.4 Å². The van der Waals surface area contributed by atoms with Gasteiger partial charge in [0, 0.05) is 26.2 Å². The van der Waals surface area contributed by atoms with Crippen molar-refractivity contribution in [2.24, 2.45) is 5.92 Å². The fraction of sp³-hybridized carbons (Fsp3) is 0.833. The molecule has 1 aliphatic heterocycles. The highest BCUT2D eigenvalue weighted by Crippen LogP contribution is 2.35. The molecule has 1 heterocycles. The average molecular weight is 334 g/mol. The molecule has 0 aliphatic carbocycles. The normalized spacial score (nSPS) is 20.2. The number of ketones is 2. The second kappa shape index (κ2) is 6.15. The molecule has 0 atom stereocenters. The maximum absolute atomic E-state index is 12.8. The molecular weight excluding hydrogens is 318 g/mol. The summed E-state index contributed by atoms with van der Waals surface area (Å²) in [4.78, 5) is 24.1. The average Bonchev–Trinajstić information content (AvgIpc) is 2.35. The molecule has 0 aromatic heterocycles. The molecule has 0 radical (unpaired) electrons. The van der Waals surface area contributed by atoms with Crippen molar-refractivity contribution in [1.29, 1.82) is 0 Å². The van der Waals surface area contributed by atoms with E-state index in [2.05, 4.69) is 5.32 Å². The van der Waals surface area contributed by atoms with Crippen molar-refractivity contribution >= 4 is 11.6 Å². The number of carbonyl (C=O) groups excluding carboxylic acids is 2. The Bertz CT molecular complexity index is 418. The summed E-state index contributed by atoms with van der Waals surface area (Å²) < 4.78 is 76.9. The lowest BCUT2D eigenvalue weighted by atomic mass is 9.83. The summed E-state index contributed by atoms with van der Waals surface area (Å²) in [6.45, 7) is 1.72. The number of nitrogens with one attached hydrogen (secondary N) is 1. The van der Waals surface area contributed by atoms with Crippen molar-refractivity contribution in [2.75, 3.05) is 26.2 Å². The Kier molecular flexibility index (Phi) is 5.28. The highest BCUT2D eigenvalue weighted by Gasteiger charge is 2.66. The summed E-state index contributed by atoms with van der Waals surface area (Å²) in [6, 6.07) is 0. The van der Waals surface area contributed by atoms with E-state index in [0.29, 0.717) is 4.90 Å². The summed E-state index contributed by atoms with van der Waals surface area (Å²) in [5.74, 6) is -5.69. The van der Waals surface area contributed by atoms with Crippen molar-refractivity contribution in [3.63, 3.8) is 0 Å². The first-order valence-electron chi connectivity index (χ1n) is 6.52. The number of carbonyl (C=O) groups is 2. The quantitative estimate of drug-likeness (QED) is 0.626. The molecular formula is C12H16F6N2O2. The monoisotopic (exact) mass is 334 g/mol. The van der Waals surface area contributed by atoms with Gasteiger partial charge in [-0.05, 0) is 5.92 Å². The minimum atomic E-state index is -5.55. The number of hydrogen-bond acceptors (Lipinski definition) is 4. The van der Waals surface area contributed by atoms with E-state index in [0.717, 1.165) is 0 Å². The fourth-order valence-corrected chi connectivity index (χ4v) is 2.49. The molecule has 0 spiro atoms. The van der Waals surface area contributed by atoms with Crippen molar-refractivity contribution < 1.29 is 35.9 Å². The van der Waals surface area contributed by atoms with Crippen LogP contribution >= 0.6 is 0 Å². The van der Waals surface area contributed by atoms with E-state index in [-0.39, 0.29) is 25.6 Å². The standard InChI is InChI=1S/C12H16F6N2O2/c1-7(2)5-20-4-3-19-6-10(20,8(21)11(13,14)15)9(22)12(16,17)18/h7,19H,3-6H2,1-2H3. The van der Waals surface area contributed by atoms with Gasteiger partial charge in [-0.1, -0.05) is 13.8 Å². The molecule has 128 valence electrons. The van der Waals surface area contributed by atoms with Crippen molar-refractivity contribution in [3.8, 4) is 0 Å². The van der Waals surface area contributed by atoms with Crippen molar-refractivity contribution in [2.45, 2.75) is 31.7 Å². The van der Waals surface area contributed by atoms with Gasteiger partial charge in [-0.3, -0.25) is 14.5 Å². The van der Waals surface area contributed by atoms with E-state index in [1.807, 2.05) is 0 Å². The lowest BCUT2D eigenvalue weighted by molar-refractivity contribution is -0.202. The van der Waals surface area contributed by atoms with E-state index in [1.165, 1.54) is 0 Å². The SMILES string of the molecule is CC(C)CN1CCNCC1(C(=O)C(F)(F)F)C(=O)C(F)(F)F. The first-order chi connectivity index (χ1) is 9.83. The molecule has 1 rings (SSSR count). The van der Waals surface area contributed by atoms with Crippen LogP contribution in [0.25, 0.3) is 0 Å². The Morgan fingerprint density at radius 1 is 1.09 bits per heavy atom. The third-order valence-corrected chi connectivity index (χ3v) is 3.33. The number of halogens is 6. The number of nitrogens with zero attached hydrogens (tertiary/aromatic N) is 1. The number of alkyl halides is 6. The van der Waals surface area contributed by atoms with Crippen LogP contribution in [0.4, 0.5) is 26.3 Å². The lowest BCUT2D eigenvalue weighted by Gasteiger charge is -2.45. The molecule has 0 bridgehead atoms. The predicted octanol–water partition coefficient (Wildman–Crippen LogP) is 1.55. The van der Waals surface area contributed by atoms with E-state index >= 15 is 0 Å². The predicted molar refractivity (Wildman–Crippen MR) is 64.1 cm³/mol. The van der Waals surface area contributed by atoms with E-state index in [4.69, 9.17) is 0 Å². The molecule has 10 heteroatoms. The van der Waals surface area contributed by atoms with Gasteiger partial charge in [-0.15, -0.1) is 0 Å².